The first-order valence-corrected chi connectivity index (χ1v) is 13.0. The van der Waals surface area contributed by atoms with Crippen LogP contribution in [0.3, 0.4) is 0 Å². The number of nitrogens with one attached hydrogen (secondary N) is 1. The standard InChI is InChI=1S/C24H29ClN2O5S/c1-2-20(18-10-6-5-7-11-18)24(29)32-17-23(28)26-22-16-19(12-13-21(22)25)33(30,31)27-14-8-3-4-9-15-27/h5-7,10-13,16,20H,2-4,8-9,14-15,17H2,1H3,(H,26,28). The Bertz CT molecular complexity index is 1070. The lowest BCUT2D eigenvalue weighted by Crippen LogP contribution is -2.32. The van der Waals surface area contributed by atoms with Crippen LogP contribution in [0.5, 0.6) is 0 Å². The summed E-state index contributed by atoms with van der Waals surface area (Å²) in [5.41, 5.74) is 0.976. The number of nitrogens with zero attached hydrogens (tertiary/aromatic N) is 1. The van der Waals surface area contributed by atoms with Crippen LogP contribution in [0.4, 0.5) is 5.69 Å². The second kappa shape index (κ2) is 11.6. The highest BCUT2D eigenvalue weighted by molar-refractivity contribution is 7.89. The number of anilines is 1. The molecule has 3 rings (SSSR count). The SMILES string of the molecule is CCC(C(=O)OCC(=O)Nc1cc(S(=O)(=O)N2CCCCCC2)ccc1Cl)c1ccccc1. The zero-order chi connectivity index (χ0) is 23.8. The Hall–Kier alpha value is -2.42. The van der Waals surface area contributed by atoms with Crippen molar-refractivity contribution in [2.45, 2.75) is 49.8 Å². The number of hydrogen-bond donors (Lipinski definition) is 1. The van der Waals surface area contributed by atoms with Gasteiger partial charge in [-0.05, 0) is 43.0 Å². The molecule has 7 nitrogen and oxygen atoms in total. The topological polar surface area (TPSA) is 92.8 Å². The maximum absolute atomic E-state index is 13.0. The highest BCUT2D eigenvalue weighted by atomic mass is 35.5. The summed E-state index contributed by atoms with van der Waals surface area (Å²) in [7, 11) is -3.69. The molecule has 1 fully saturated rings. The summed E-state index contributed by atoms with van der Waals surface area (Å²) in [6, 6.07) is 13.4. The molecule has 0 aliphatic carbocycles. The van der Waals surface area contributed by atoms with Gasteiger partial charge in [-0.3, -0.25) is 9.59 Å². The molecule has 1 saturated heterocycles. The van der Waals surface area contributed by atoms with Crippen LogP contribution in [-0.2, 0) is 24.3 Å². The van der Waals surface area contributed by atoms with Gasteiger partial charge in [0.25, 0.3) is 5.91 Å². The Balaban J connectivity index is 1.65. The smallest absolute Gasteiger partial charge is 0.313 e. The van der Waals surface area contributed by atoms with Crippen molar-refractivity contribution in [2.75, 3.05) is 25.0 Å². The Morgan fingerprint density at radius 3 is 2.36 bits per heavy atom. The van der Waals surface area contributed by atoms with Gasteiger partial charge in [-0.1, -0.05) is 61.7 Å². The van der Waals surface area contributed by atoms with Crippen molar-refractivity contribution in [3.63, 3.8) is 0 Å². The van der Waals surface area contributed by atoms with Gasteiger partial charge in [0.05, 0.1) is 21.5 Å². The van der Waals surface area contributed by atoms with E-state index in [0.717, 1.165) is 31.2 Å². The first-order chi connectivity index (χ1) is 15.8. The largest absolute Gasteiger partial charge is 0.455 e. The van der Waals surface area contributed by atoms with E-state index in [1.807, 2.05) is 37.3 Å². The molecule has 0 aromatic heterocycles. The molecule has 0 radical (unpaired) electrons. The Labute approximate surface area is 200 Å². The number of benzene rings is 2. The molecule has 33 heavy (non-hydrogen) atoms. The third kappa shape index (κ3) is 6.56. The van der Waals surface area contributed by atoms with E-state index >= 15 is 0 Å². The minimum Gasteiger partial charge on any atom is -0.455 e. The van der Waals surface area contributed by atoms with Crippen LogP contribution >= 0.6 is 11.6 Å². The molecule has 9 heteroatoms. The van der Waals surface area contributed by atoms with Crippen LogP contribution in [0.1, 0.15) is 50.5 Å². The number of carbonyl (C=O) groups is 2. The lowest BCUT2D eigenvalue weighted by molar-refractivity contribution is -0.149. The molecule has 1 N–H and O–H groups in total. The van der Waals surface area contributed by atoms with Crippen LogP contribution < -0.4 is 5.32 Å². The molecule has 178 valence electrons. The molecule has 1 heterocycles. The molecule has 2 aromatic rings. The maximum atomic E-state index is 13.0. The number of rotatable bonds is 8. The fraction of sp³-hybridized carbons (Fsp3) is 0.417. The second-order valence-corrected chi connectivity index (χ2v) is 10.3. The highest BCUT2D eigenvalue weighted by Gasteiger charge is 2.26. The van der Waals surface area contributed by atoms with Gasteiger partial charge in [0.2, 0.25) is 10.0 Å². The van der Waals surface area contributed by atoms with Crippen LogP contribution in [-0.4, -0.2) is 44.3 Å². The van der Waals surface area contributed by atoms with Crippen LogP contribution in [0, 0.1) is 0 Å². The molecule has 0 saturated carbocycles. The fourth-order valence-corrected chi connectivity index (χ4v) is 5.55. The van der Waals surface area contributed by atoms with Gasteiger partial charge in [0.15, 0.2) is 6.61 Å². The minimum atomic E-state index is -3.69. The lowest BCUT2D eigenvalue weighted by Gasteiger charge is -2.20. The van der Waals surface area contributed by atoms with Crippen molar-refractivity contribution in [3.05, 3.63) is 59.1 Å². The number of halogens is 1. The molecular weight excluding hydrogens is 464 g/mol. The Morgan fingerprint density at radius 2 is 1.73 bits per heavy atom. The second-order valence-electron chi connectivity index (χ2n) is 7.99. The minimum absolute atomic E-state index is 0.0659. The van der Waals surface area contributed by atoms with Gasteiger partial charge in [0, 0.05) is 13.1 Å². The Morgan fingerprint density at radius 1 is 1.06 bits per heavy atom. The molecular formula is C24H29ClN2O5S. The van der Waals surface area contributed by atoms with E-state index in [-0.39, 0.29) is 15.6 Å². The highest BCUT2D eigenvalue weighted by Crippen LogP contribution is 2.28. The predicted molar refractivity (Wildman–Crippen MR) is 128 cm³/mol. The summed E-state index contributed by atoms with van der Waals surface area (Å²) in [5.74, 6) is -1.57. The van der Waals surface area contributed by atoms with Gasteiger partial charge in [-0.2, -0.15) is 4.31 Å². The van der Waals surface area contributed by atoms with Gasteiger partial charge >= 0.3 is 5.97 Å². The van der Waals surface area contributed by atoms with Crippen molar-refractivity contribution in [1.29, 1.82) is 0 Å². The normalized spacial score (nSPS) is 15.9. The maximum Gasteiger partial charge on any atom is 0.313 e. The molecule has 1 unspecified atom stereocenters. The number of carbonyl (C=O) groups excluding carboxylic acids is 2. The van der Waals surface area contributed by atoms with E-state index in [9.17, 15) is 18.0 Å². The third-order valence-corrected chi connectivity index (χ3v) is 7.88. The van der Waals surface area contributed by atoms with Gasteiger partial charge < -0.3 is 10.1 Å². The van der Waals surface area contributed by atoms with E-state index in [4.69, 9.17) is 16.3 Å². The molecule has 0 spiro atoms. The number of amides is 1. The molecule has 1 aliphatic rings. The quantitative estimate of drug-likeness (QED) is 0.544. The fourth-order valence-electron chi connectivity index (χ4n) is 3.84. The summed E-state index contributed by atoms with van der Waals surface area (Å²) in [4.78, 5) is 25.0. The monoisotopic (exact) mass is 492 g/mol. The molecule has 0 bridgehead atoms. The average Bonchev–Trinajstić information content (AvgIpc) is 3.10. The summed E-state index contributed by atoms with van der Waals surface area (Å²) in [6.45, 7) is 2.32. The van der Waals surface area contributed by atoms with Crippen molar-refractivity contribution in [3.8, 4) is 0 Å². The summed E-state index contributed by atoms with van der Waals surface area (Å²) in [6.07, 6.45) is 4.20. The number of esters is 1. The molecule has 1 aliphatic heterocycles. The van der Waals surface area contributed by atoms with Gasteiger partial charge in [-0.25, -0.2) is 8.42 Å². The van der Waals surface area contributed by atoms with Crippen LogP contribution in [0.15, 0.2) is 53.4 Å². The molecule has 1 amide bonds. The van der Waals surface area contributed by atoms with E-state index in [1.54, 1.807) is 0 Å². The van der Waals surface area contributed by atoms with Crippen LogP contribution in [0.25, 0.3) is 0 Å². The lowest BCUT2D eigenvalue weighted by atomic mass is 9.97. The van der Waals surface area contributed by atoms with Crippen molar-refractivity contribution in [2.24, 2.45) is 0 Å². The van der Waals surface area contributed by atoms with Gasteiger partial charge in [-0.15, -0.1) is 0 Å². The van der Waals surface area contributed by atoms with E-state index in [1.165, 1.54) is 22.5 Å². The van der Waals surface area contributed by atoms with Crippen molar-refractivity contribution in [1.82, 2.24) is 4.31 Å². The predicted octanol–water partition coefficient (Wildman–Crippen LogP) is 4.58. The first-order valence-electron chi connectivity index (χ1n) is 11.1. The number of ether oxygens (including phenoxy) is 1. The Kier molecular flexibility index (Phi) is 8.88. The van der Waals surface area contributed by atoms with E-state index in [0.29, 0.717) is 19.5 Å². The average molecular weight is 493 g/mol. The first kappa shape index (κ1) is 25.2. The van der Waals surface area contributed by atoms with Crippen molar-refractivity contribution < 1.29 is 22.7 Å². The molecule has 2 aromatic carbocycles. The summed E-state index contributed by atoms with van der Waals surface area (Å²) < 4.78 is 32.8. The molecule has 1 atom stereocenters. The summed E-state index contributed by atoms with van der Waals surface area (Å²) >= 11 is 6.19. The number of sulfonamides is 1. The summed E-state index contributed by atoms with van der Waals surface area (Å²) in [5, 5.41) is 2.75. The number of hydrogen-bond acceptors (Lipinski definition) is 5. The van der Waals surface area contributed by atoms with E-state index in [2.05, 4.69) is 5.32 Å². The van der Waals surface area contributed by atoms with E-state index < -0.39 is 34.4 Å². The zero-order valence-electron chi connectivity index (χ0n) is 18.6. The van der Waals surface area contributed by atoms with Gasteiger partial charge in [0.1, 0.15) is 0 Å². The zero-order valence-corrected chi connectivity index (χ0v) is 20.2. The van der Waals surface area contributed by atoms with Crippen LogP contribution in [0.2, 0.25) is 5.02 Å². The third-order valence-electron chi connectivity index (χ3n) is 5.65. The van der Waals surface area contributed by atoms with Crippen molar-refractivity contribution >= 4 is 39.2 Å².